The Hall–Kier alpha value is -3.09. The molecule has 2 aromatic heterocycles. The van der Waals surface area contributed by atoms with Crippen LogP contribution in [0.2, 0.25) is 0 Å². The number of allylic oxidation sites excluding steroid dienone is 2. The summed E-state index contributed by atoms with van der Waals surface area (Å²) in [5.41, 5.74) is 7.48. The van der Waals surface area contributed by atoms with Gasteiger partial charge in [0, 0.05) is 35.9 Å². The van der Waals surface area contributed by atoms with Gasteiger partial charge in [0.15, 0.2) is 5.82 Å². The van der Waals surface area contributed by atoms with Crippen LogP contribution in [0.1, 0.15) is 38.2 Å². The fourth-order valence-corrected chi connectivity index (χ4v) is 2.29. The molecule has 2 N–H and O–H groups in total. The van der Waals surface area contributed by atoms with E-state index in [0.29, 0.717) is 22.6 Å². The van der Waals surface area contributed by atoms with Crippen molar-refractivity contribution in [2.24, 2.45) is 15.7 Å². The van der Waals surface area contributed by atoms with Gasteiger partial charge in [-0.3, -0.25) is 4.99 Å². The van der Waals surface area contributed by atoms with Crippen molar-refractivity contribution in [1.29, 1.82) is 0 Å². The highest BCUT2D eigenvalue weighted by molar-refractivity contribution is 6.10. The van der Waals surface area contributed by atoms with Crippen molar-refractivity contribution in [3.63, 3.8) is 0 Å². The van der Waals surface area contributed by atoms with Gasteiger partial charge in [-0.25, -0.2) is 14.7 Å². The first kappa shape index (κ1) is 19.2. The summed E-state index contributed by atoms with van der Waals surface area (Å²) in [6.07, 6.45) is 14.4. The van der Waals surface area contributed by atoms with Gasteiger partial charge in [-0.2, -0.15) is 9.49 Å². The second-order valence-electron chi connectivity index (χ2n) is 5.59. The molecule has 0 atom stereocenters. The van der Waals surface area contributed by atoms with Crippen LogP contribution >= 0.6 is 0 Å². The Morgan fingerprint density at radius 3 is 2.85 bits per heavy atom. The average molecular weight is 354 g/mol. The number of hydrogen-bond acceptors (Lipinski definition) is 5. The summed E-state index contributed by atoms with van der Waals surface area (Å²) < 4.78 is 14.6. The second-order valence-corrected chi connectivity index (χ2v) is 5.59. The van der Waals surface area contributed by atoms with Crippen molar-refractivity contribution in [1.82, 2.24) is 14.8 Å². The smallest absolute Gasteiger partial charge is 0.212 e. The van der Waals surface area contributed by atoms with Crippen LogP contribution in [0.3, 0.4) is 0 Å². The summed E-state index contributed by atoms with van der Waals surface area (Å²) in [5.74, 6) is -0.00574. The summed E-state index contributed by atoms with van der Waals surface area (Å²) in [7, 11) is 0. The molecule has 0 aliphatic rings. The van der Waals surface area contributed by atoms with Crippen molar-refractivity contribution in [3.8, 4) is 0 Å². The van der Waals surface area contributed by atoms with E-state index in [4.69, 9.17) is 5.73 Å². The molecule has 0 aromatic carbocycles. The van der Waals surface area contributed by atoms with Gasteiger partial charge in [0.2, 0.25) is 5.95 Å². The molecule has 0 saturated carbocycles. The molecule has 136 valence electrons. The minimum Gasteiger partial charge on any atom is -0.404 e. The van der Waals surface area contributed by atoms with Gasteiger partial charge in [0.05, 0.1) is 6.20 Å². The largest absolute Gasteiger partial charge is 0.404 e. The van der Waals surface area contributed by atoms with E-state index in [0.717, 1.165) is 12.8 Å². The number of nitrogens with two attached hydrogens (primary N) is 1. The van der Waals surface area contributed by atoms with Gasteiger partial charge in [-0.1, -0.05) is 25.8 Å². The fourth-order valence-electron chi connectivity index (χ4n) is 2.29. The predicted octanol–water partition coefficient (Wildman–Crippen LogP) is 4.50. The molecule has 0 aliphatic carbocycles. The molecule has 0 radical (unpaired) electrons. The Balaban J connectivity index is 2.14. The molecular formula is C19H23FN6. The van der Waals surface area contributed by atoms with Gasteiger partial charge in [0.25, 0.3) is 0 Å². The monoisotopic (exact) mass is 354 g/mol. The quantitative estimate of drug-likeness (QED) is 0.409. The lowest BCUT2D eigenvalue weighted by atomic mass is 10.1. The summed E-state index contributed by atoms with van der Waals surface area (Å²) in [6.45, 7) is 5.76. The minimum atomic E-state index is -0.549. The lowest BCUT2D eigenvalue weighted by Gasteiger charge is -2.00. The Morgan fingerprint density at radius 2 is 2.19 bits per heavy atom. The molecule has 0 bridgehead atoms. The molecule has 6 nitrogen and oxygen atoms in total. The second kappa shape index (κ2) is 10.0. The first-order valence-electron chi connectivity index (χ1n) is 8.48. The van der Waals surface area contributed by atoms with Crippen LogP contribution in [0.15, 0.2) is 46.8 Å². The highest BCUT2D eigenvalue weighted by atomic mass is 19.1. The van der Waals surface area contributed by atoms with Gasteiger partial charge in [-0.05, 0) is 31.7 Å². The third-order valence-corrected chi connectivity index (χ3v) is 3.70. The van der Waals surface area contributed by atoms with Crippen molar-refractivity contribution in [3.05, 3.63) is 48.3 Å². The summed E-state index contributed by atoms with van der Waals surface area (Å²) in [4.78, 5) is 12.0. The molecule has 26 heavy (non-hydrogen) atoms. The minimum absolute atomic E-state index is 0.543. The van der Waals surface area contributed by atoms with Crippen LogP contribution in [0.5, 0.6) is 0 Å². The van der Waals surface area contributed by atoms with E-state index < -0.39 is 5.95 Å². The van der Waals surface area contributed by atoms with Crippen LogP contribution in [-0.2, 0) is 0 Å². The molecular weight excluding hydrogens is 331 g/mol. The van der Waals surface area contributed by atoms with Crippen LogP contribution in [-0.4, -0.2) is 27.7 Å². The number of halogens is 1. The lowest BCUT2D eigenvalue weighted by molar-refractivity contribution is 0.583. The summed E-state index contributed by atoms with van der Waals surface area (Å²) in [6, 6.07) is 2.85. The van der Waals surface area contributed by atoms with E-state index in [9.17, 15) is 4.39 Å². The molecule has 0 saturated heterocycles. The third-order valence-electron chi connectivity index (χ3n) is 3.70. The number of aliphatic imine (C=N–C) groups is 2. The van der Waals surface area contributed by atoms with Crippen LogP contribution in [0.25, 0.3) is 11.8 Å². The molecule has 2 aromatic rings. The standard InChI is InChI=1S/C19H23FN6/c1-3-4-5-6-7-10-26-19(22-2)17(14-25-26)23-13-16(11-21)15-8-9-18(20)24-12-15/h7-14H,2-6,21H2,1H3/b10-7-,16-11?,23-13?. The molecule has 0 aliphatic heterocycles. The van der Waals surface area contributed by atoms with Crippen LogP contribution < -0.4 is 5.73 Å². The number of rotatable bonds is 9. The predicted molar refractivity (Wildman–Crippen MR) is 105 cm³/mol. The molecule has 2 heterocycles. The molecule has 0 spiro atoms. The number of aromatic nitrogens is 3. The first-order valence-corrected chi connectivity index (χ1v) is 8.48. The molecule has 0 unspecified atom stereocenters. The highest BCUT2D eigenvalue weighted by Crippen LogP contribution is 2.27. The SMILES string of the molecule is C=Nc1c(N=CC(=CN)c2ccc(F)nc2)cnn1/C=C\CCCCC. The summed E-state index contributed by atoms with van der Waals surface area (Å²) >= 11 is 0. The van der Waals surface area contributed by atoms with E-state index in [1.165, 1.54) is 31.3 Å². The fraction of sp³-hybridized carbons (Fsp3) is 0.263. The van der Waals surface area contributed by atoms with E-state index in [1.54, 1.807) is 23.2 Å². The van der Waals surface area contributed by atoms with Crippen molar-refractivity contribution in [2.75, 3.05) is 0 Å². The maximum atomic E-state index is 12.9. The Morgan fingerprint density at radius 1 is 1.35 bits per heavy atom. The molecule has 0 fully saturated rings. The maximum absolute atomic E-state index is 12.9. The van der Waals surface area contributed by atoms with Gasteiger partial charge in [-0.15, -0.1) is 0 Å². The average Bonchev–Trinajstić information content (AvgIpc) is 3.05. The van der Waals surface area contributed by atoms with Crippen LogP contribution in [0, 0.1) is 5.95 Å². The van der Waals surface area contributed by atoms with E-state index in [2.05, 4.69) is 39.8 Å². The van der Waals surface area contributed by atoms with E-state index >= 15 is 0 Å². The number of unbranched alkanes of at least 4 members (excludes halogenated alkanes) is 3. The van der Waals surface area contributed by atoms with Crippen molar-refractivity contribution >= 4 is 36.2 Å². The van der Waals surface area contributed by atoms with Crippen molar-refractivity contribution in [2.45, 2.75) is 32.6 Å². The zero-order valence-electron chi connectivity index (χ0n) is 14.8. The lowest BCUT2D eigenvalue weighted by Crippen LogP contribution is -1.93. The zero-order chi connectivity index (χ0) is 18.8. The molecule has 2 rings (SSSR count). The Bertz CT molecular complexity index is 802. The topological polar surface area (TPSA) is 81.4 Å². The highest BCUT2D eigenvalue weighted by Gasteiger charge is 2.07. The zero-order valence-corrected chi connectivity index (χ0v) is 14.8. The third kappa shape index (κ3) is 5.20. The molecule has 0 amide bonds. The van der Waals surface area contributed by atoms with E-state index in [-0.39, 0.29) is 0 Å². The maximum Gasteiger partial charge on any atom is 0.212 e. The van der Waals surface area contributed by atoms with E-state index in [1.807, 2.05) is 6.20 Å². The van der Waals surface area contributed by atoms with Gasteiger partial charge < -0.3 is 5.73 Å². The number of pyridine rings is 1. The number of nitrogens with zero attached hydrogens (tertiary/aromatic N) is 5. The summed E-state index contributed by atoms with van der Waals surface area (Å²) in [5, 5.41) is 4.26. The number of hydrogen-bond donors (Lipinski definition) is 1. The Kier molecular flexibility index (Phi) is 7.42. The molecule has 7 heteroatoms. The first-order chi connectivity index (χ1) is 12.7. The van der Waals surface area contributed by atoms with Crippen molar-refractivity contribution < 1.29 is 4.39 Å². The van der Waals surface area contributed by atoms with Gasteiger partial charge in [0.1, 0.15) is 5.69 Å². The normalized spacial score (nSPS) is 12.3. The van der Waals surface area contributed by atoms with Crippen LogP contribution in [0.4, 0.5) is 15.9 Å². The van der Waals surface area contributed by atoms with Gasteiger partial charge >= 0.3 is 0 Å². The Labute approximate surface area is 152 Å².